The summed E-state index contributed by atoms with van der Waals surface area (Å²) in [5.74, 6) is -0.568. The van der Waals surface area contributed by atoms with Gasteiger partial charge in [-0.1, -0.05) is 18.2 Å². The van der Waals surface area contributed by atoms with Gasteiger partial charge in [0, 0.05) is 6.07 Å². The Balaban J connectivity index is 2.13. The standard InChI is InChI=1S/C18H19NO6S/c1-23-12-8-9-16(24-2)17(10-12)26(21,22)19-11-14(18(20)25-3)13-6-4-5-7-15(13)19/h4-10,14H,11H2,1-3H3/t14-/m0/s1. The van der Waals surface area contributed by atoms with E-state index >= 15 is 0 Å². The van der Waals surface area contributed by atoms with Crippen LogP contribution in [-0.2, 0) is 19.6 Å². The molecule has 0 radical (unpaired) electrons. The fourth-order valence-electron chi connectivity index (χ4n) is 3.05. The van der Waals surface area contributed by atoms with Crippen LogP contribution in [0.15, 0.2) is 47.4 Å². The Hall–Kier alpha value is -2.74. The third kappa shape index (κ3) is 2.86. The Morgan fingerprint density at radius 3 is 2.46 bits per heavy atom. The van der Waals surface area contributed by atoms with Gasteiger partial charge >= 0.3 is 5.97 Å². The van der Waals surface area contributed by atoms with Crippen LogP contribution in [0.2, 0.25) is 0 Å². The number of hydrogen-bond donors (Lipinski definition) is 0. The highest BCUT2D eigenvalue weighted by Gasteiger charge is 2.41. The molecule has 0 fully saturated rings. The van der Waals surface area contributed by atoms with Crippen LogP contribution in [0, 0.1) is 0 Å². The molecule has 0 aromatic heterocycles. The van der Waals surface area contributed by atoms with Gasteiger partial charge in [-0.25, -0.2) is 8.42 Å². The maximum absolute atomic E-state index is 13.3. The highest BCUT2D eigenvalue weighted by Crippen LogP contribution is 2.42. The summed E-state index contributed by atoms with van der Waals surface area (Å²) in [6, 6.07) is 11.4. The van der Waals surface area contributed by atoms with E-state index in [-0.39, 0.29) is 17.2 Å². The molecule has 1 aliphatic rings. The molecule has 26 heavy (non-hydrogen) atoms. The Kier molecular flexibility index (Phi) is 4.78. The first kappa shape index (κ1) is 18.1. The quantitative estimate of drug-likeness (QED) is 0.743. The minimum absolute atomic E-state index is 0.0281. The van der Waals surface area contributed by atoms with Crippen LogP contribution in [0.5, 0.6) is 11.5 Å². The molecular weight excluding hydrogens is 358 g/mol. The van der Waals surface area contributed by atoms with Crippen LogP contribution in [0.3, 0.4) is 0 Å². The number of anilines is 1. The summed E-state index contributed by atoms with van der Waals surface area (Å²) < 4.78 is 43.1. The molecule has 2 aromatic carbocycles. The number of benzene rings is 2. The summed E-state index contributed by atoms with van der Waals surface area (Å²) in [6.45, 7) is -0.0330. The third-order valence-corrected chi connectivity index (χ3v) is 6.15. The van der Waals surface area contributed by atoms with Crippen molar-refractivity contribution in [2.75, 3.05) is 32.2 Å². The van der Waals surface area contributed by atoms with E-state index in [2.05, 4.69) is 0 Å². The Bertz CT molecular complexity index is 940. The zero-order valence-corrected chi connectivity index (χ0v) is 15.4. The maximum Gasteiger partial charge on any atom is 0.315 e. The number of carbonyl (C=O) groups excluding carboxylic acids is 1. The molecule has 0 saturated carbocycles. The molecule has 2 aromatic rings. The number of fused-ring (bicyclic) bond motifs is 1. The van der Waals surface area contributed by atoms with Gasteiger partial charge in [0.1, 0.15) is 22.3 Å². The highest BCUT2D eigenvalue weighted by molar-refractivity contribution is 7.93. The van der Waals surface area contributed by atoms with Gasteiger partial charge in [-0.15, -0.1) is 0 Å². The average molecular weight is 377 g/mol. The zero-order valence-electron chi connectivity index (χ0n) is 14.6. The molecule has 0 spiro atoms. The number of para-hydroxylation sites is 1. The van der Waals surface area contributed by atoms with Gasteiger partial charge in [0.15, 0.2) is 0 Å². The van der Waals surface area contributed by atoms with Crippen molar-refractivity contribution >= 4 is 21.7 Å². The molecule has 0 bridgehead atoms. The van der Waals surface area contributed by atoms with E-state index in [0.717, 1.165) is 0 Å². The molecule has 7 nitrogen and oxygen atoms in total. The first-order valence-corrected chi connectivity index (χ1v) is 9.29. The lowest BCUT2D eigenvalue weighted by atomic mass is 10.0. The normalized spacial score (nSPS) is 16.1. The van der Waals surface area contributed by atoms with Gasteiger partial charge in [0.2, 0.25) is 0 Å². The number of sulfonamides is 1. The van der Waals surface area contributed by atoms with Crippen molar-refractivity contribution < 1.29 is 27.4 Å². The van der Waals surface area contributed by atoms with Gasteiger partial charge in [0.25, 0.3) is 10.0 Å². The van der Waals surface area contributed by atoms with Gasteiger partial charge < -0.3 is 14.2 Å². The fourth-order valence-corrected chi connectivity index (χ4v) is 4.73. The molecule has 0 N–H and O–H groups in total. The topological polar surface area (TPSA) is 82.1 Å². The fraction of sp³-hybridized carbons (Fsp3) is 0.278. The molecule has 138 valence electrons. The maximum atomic E-state index is 13.3. The second-order valence-electron chi connectivity index (χ2n) is 5.69. The van der Waals surface area contributed by atoms with E-state index in [1.54, 1.807) is 30.3 Å². The van der Waals surface area contributed by atoms with Crippen molar-refractivity contribution in [3.8, 4) is 11.5 Å². The van der Waals surface area contributed by atoms with Crippen LogP contribution in [0.25, 0.3) is 0 Å². The van der Waals surface area contributed by atoms with Gasteiger partial charge in [-0.2, -0.15) is 0 Å². The predicted octanol–water partition coefficient (Wildman–Crippen LogP) is 2.17. The van der Waals surface area contributed by atoms with E-state index in [1.165, 1.54) is 37.8 Å². The number of carbonyl (C=O) groups is 1. The monoisotopic (exact) mass is 377 g/mol. The lowest BCUT2D eigenvalue weighted by Crippen LogP contribution is -2.32. The van der Waals surface area contributed by atoms with E-state index in [9.17, 15) is 13.2 Å². The minimum Gasteiger partial charge on any atom is -0.497 e. The van der Waals surface area contributed by atoms with Crippen molar-refractivity contribution in [1.29, 1.82) is 0 Å². The lowest BCUT2D eigenvalue weighted by Gasteiger charge is -2.21. The second-order valence-corrected chi connectivity index (χ2v) is 7.52. The first-order valence-electron chi connectivity index (χ1n) is 7.85. The van der Waals surface area contributed by atoms with Crippen LogP contribution in [-0.4, -0.2) is 42.3 Å². The predicted molar refractivity (Wildman–Crippen MR) is 95.3 cm³/mol. The van der Waals surface area contributed by atoms with Gasteiger partial charge in [-0.3, -0.25) is 9.10 Å². The lowest BCUT2D eigenvalue weighted by molar-refractivity contribution is -0.141. The van der Waals surface area contributed by atoms with E-state index in [4.69, 9.17) is 14.2 Å². The number of rotatable bonds is 5. The highest BCUT2D eigenvalue weighted by atomic mass is 32.2. The van der Waals surface area contributed by atoms with Crippen molar-refractivity contribution in [2.45, 2.75) is 10.8 Å². The van der Waals surface area contributed by atoms with Crippen molar-refractivity contribution in [1.82, 2.24) is 0 Å². The van der Waals surface area contributed by atoms with E-state index < -0.39 is 21.9 Å². The number of nitrogens with zero attached hydrogens (tertiary/aromatic N) is 1. The molecule has 0 saturated heterocycles. The van der Waals surface area contributed by atoms with Crippen LogP contribution < -0.4 is 13.8 Å². The van der Waals surface area contributed by atoms with Crippen LogP contribution >= 0.6 is 0 Å². The third-order valence-electron chi connectivity index (χ3n) is 4.35. The molecule has 0 aliphatic carbocycles. The smallest absolute Gasteiger partial charge is 0.315 e. The number of ether oxygens (including phenoxy) is 3. The van der Waals surface area contributed by atoms with Gasteiger partial charge in [0.05, 0.1) is 33.6 Å². The SMILES string of the molecule is COC(=O)[C@H]1CN(S(=O)(=O)c2cc(OC)ccc2OC)c2ccccc21. The van der Waals surface area contributed by atoms with Crippen LogP contribution in [0.4, 0.5) is 5.69 Å². The Labute approximate surface area is 152 Å². The number of hydrogen-bond acceptors (Lipinski definition) is 6. The number of esters is 1. The summed E-state index contributed by atoms with van der Waals surface area (Å²) in [5.41, 5.74) is 1.07. The summed E-state index contributed by atoms with van der Waals surface area (Å²) in [5, 5.41) is 0. The van der Waals surface area contributed by atoms with Gasteiger partial charge in [-0.05, 0) is 23.8 Å². The molecular formula is C18H19NO6S. The van der Waals surface area contributed by atoms with Crippen molar-refractivity contribution in [2.24, 2.45) is 0 Å². The molecule has 3 rings (SSSR count). The summed E-state index contributed by atoms with van der Waals surface area (Å²) in [7, 11) is 0.157. The van der Waals surface area contributed by atoms with E-state index in [0.29, 0.717) is 17.0 Å². The molecule has 0 amide bonds. The Morgan fingerprint density at radius 1 is 1.08 bits per heavy atom. The summed E-state index contributed by atoms with van der Waals surface area (Å²) in [4.78, 5) is 12.1. The molecule has 1 heterocycles. The number of methoxy groups -OCH3 is 3. The zero-order chi connectivity index (χ0) is 18.9. The molecule has 1 aliphatic heterocycles. The van der Waals surface area contributed by atoms with Crippen LogP contribution in [0.1, 0.15) is 11.5 Å². The summed E-state index contributed by atoms with van der Waals surface area (Å²) in [6.07, 6.45) is 0. The first-order chi connectivity index (χ1) is 12.4. The molecule has 1 atom stereocenters. The molecule has 0 unspecified atom stereocenters. The van der Waals surface area contributed by atoms with Crippen molar-refractivity contribution in [3.05, 3.63) is 48.0 Å². The van der Waals surface area contributed by atoms with Crippen molar-refractivity contribution in [3.63, 3.8) is 0 Å². The average Bonchev–Trinajstić information content (AvgIpc) is 3.07. The van der Waals surface area contributed by atoms with E-state index in [1.807, 2.05) is 0 Å². The second kappa shape index (κ2) is 6.87. The summed E-state index contributed by atoms with van der Waals surface area (Å²) >= 11 is 0. The molecule has 8 heteroatoms. The minimum atomic E-state index is -3.98. The largest absolute Gasteiger partial charge is 0.497 e. The Morgan fingerprint density at radius 2 is 1.81 bits per heavy atom.